The van der Waals surface area contributed by atoms with Crippen LogP contribution >= 0.6 is 12.4 Å². The molecule has 0 amide bonds. The maximum Gasteiger partial charge on any atom is 0.181 e. The first-order valence-electron chi connectivity index (χ1n) is 6.82. The Hall–Kier alpha value is -1.17. The molecule has 0 aliphatic carbocycles. The molecule has 3 rings (SSSR count). The first-order valence-corrected chi connectivity index (χ1v) is 6.82. The van der Waals surface area contributed by atoms with Crippen molar-refractivity contribution in [3.63, 3.8) is 0 Å². The van der Waals surface area contributed by atoms with Crippen molar-refractivity contribution in [2.24, 2.45) is 11.1 Å². The molecular weight excluding hydrogens is 274 g/mol. The van der Waals surface area contributed by atoms with Gasteiger partial charge in [0.15, 0.2) is 5.65 Å². The lowest BCUT2D eigenvalue weighted by Crippen LogP contribution is -2.31. The molecule has 1 unspecified atom stereocenters. The van der Waals surface area contributed by atoms with Crippen LogP contribution in [0.4, 0.5) is 0 Å². The van der Waals surface area contributed by atoms with Gasteiger partial charge in [-0.05, 0) is 43.5 Å². The number of hydrogen-bond acceptors (Lipinski definition) is 4. The number of hydrogen-bond donors (Lipinski definition) is 2. The summed E-state index contributed by atoms with van der Waals surface area (Å²) in [5.41, 5.74) is 9.26. The number of likely N-dealkylation sites (tertiary alicyclic amines) is 1. The van der Waals surface area contributed by atoms with Gasteiger partial charge >= 0.3 is 0 Å². The second kappa shape index (κ2) is 5.68. The minimum atomic E-state index is 0. The van der Waals surface area contributed by atoms with Gasteiger partial charge in [-0.3, -0.25) is 10.00 Å². The summed E-state index contributed by atoms with van der Waals surface area (Å²) in [4.78, 5) is 6.87. The lowest BCUT2D eigenvalue weighted by molar-refractivity contribution is 0.274. The van der Waals surface area contributed by atoms with E-state index >= 15 is 0 Å². The smallest absolute Gasteiger partial charge is 0.181 e. The Labute approximate surface area is 125 Å². The molecule has 1 aliphatic heterocycles. The molecule has 2 aromatic rings. The van der Waals surface area contributed by atoms with Crippen LogP contribution in [-0.4, -0.2) is 39.7 Å². The highest BCUT2D eigenvalue weighted by Gasteiger charge is 2.32. The normalized spacial score (nSPS) is 23.1. The molecule has 3 N–H and O–H groups in total. The molecule has 1 fully saturated rings. The summed E-state index contributed by atoms with van der Waals surface area (Å²) in [5, 5.41) is 8.26. The molecule has 5 nitrogen and oxygen atoms in total. The fraction of sp³-hybridized carbons (Fsp3) is 0.571. The summed E-state index contributed by atoms with van der Waals surface area (Å²) in [6, 6.07) is 2.19. The van der Waals surface area contributed by atoms with E-state index in [9.17, 15) is 0 Å². The molecule has 20 heavy (non-hydrogen) atoms. The molecule has 0 spiro atoms. The minimum Gasteiger partial charge on any atom is -0.330 e. The molecule has 3 heterocycles. The lowest BCUT2D eigenvalue weighted by atomic mass is 9.90. The summed E-state index contributed by atoms with van der Waals surface area (Å²) in [7, 11) is 0. The van der Waals surface area contributed by atoms with Gasteiger partial charge in [-0.15, -0.1) is 12.4 Å². The number of aromatic nitrogens is 3. The van der Waals surface area contributed by atoms with Crippen molar-refractivity contribution in [2.75, 3.05) is 19.6 Å². The van der Waals surface area contributed by atoms with E-state index in [0.29, 0.717) is 0 Å². The number of halogens is 1. The fourth-order valence-electron chi connectivity index (χ4n) is 2.84. The highest BCUT2D eigenvalue weighted by Crippen LogP contribution is 2.29. The average molecular weight is 296 g/mol. The first-order chi connectivity index (χ1) is 9.09. The van der Waals surface area contributed by atoms with E-state index in [1.807, 2.05) is 13.1 Å². The lowest BCUT2D eigenvalue weighted by Gasteiger charge is -2.22. The molecule has 0 bridgehead atoms. The van der Waals surface area contributed by atoms with Gasteiger partial charge in [-0.1, -0.05) is 6.92 Å². The summed E-state index contributed by atoms with van der Waals surface area (Å²) in [6.45, 7) is 8.21. The maximum absolute atomic E-state index is 5.85. The quantitative estimate of drug-likeness (QED) is 0.907. The molecule has 0 radical (unpaired) electrons. The molecule has 1 aliphatic rings. The third-order valence-corrected chi connectivity index (χ3v) is 4.19. The maximum atomic E-state index is 5.85. The van der Waals surface area contributed by atoms with E-state index in [0.717, 1.165) is 42.9 Å². The molecule has 0 aromatic carbocycles. The van der Waals surface area contributed by atoms with E-state index in [2.05, 4.69) is 33.1 Å². The topological polar surface area (TPSA) is 70.8 Å². The van der Waals surface area contributed by atoms with Crippen LogP contribution in [0.5, 0.6) is 0 Å². The zero-order valence-electron chi connectivity index (χ0n) is 12.0. The zero-order valence-corrected chi connectivity index (χ0v) is 12.8. The van der Waals surface area contributed by atoms with Gasteiger partial charge in [0.05, 0.1) is 0 Å². The van der Waals surface area contributed by atoms with Crippen LogP contribution in [0, 0.1) is 12.3 Å². The zero-order chi connectivity index (χ0) is 13.5. The second-order valence-corrected chi connectivity index (χ2v) is 6.04. The van der Waals surface area contributed by atoms with Crippen LogP contribution in [0.15, 0.2) is 12.3 Å². The summed E-state index contributed by atoms with van der Waals surface area (Å²) in [6.07, 6.45) is 3.12. The van der Waals surface area contributed by atoms with Crippen molar-refractivity contribution in [3.05, 3.63) is 23.5 Å². The van der Waals surface area contributed by atoms with Gasteiger partial charge in [0.1, 0.15) is 0 Å². The minimum absolute atomic E-state index is 0. The van der Waals surface area contributed by atoms with Gasteiger partial charge in [0.25, 0.3) is 0 Å². The third kappa shape index (κ3) is 2.80. The number of fused-ring (bicyclic) bond motifs is 1. The highest BCUT2D eigenvalue weighted by atomic mass is 35.5. The van der Waals surface area contributed by atoms with Crippen molar-refractivity contribution >= 4 is 23.4 Å². The number of H-pyrrole nitrogens is 1. The van der Waals surface area contributed by atoms with Crippen LogP contribution in [-0.2, 0) is 6.54 Å². The van der Waals surface area contributed by atoms with E-state index < -0.39 is 0 Å². The van der Waals surface area contributed by atoms with Gasteiger partial charge in [0, 0.05) is 30.4 Å². The Morgan fingerprint density at radius 3 is 3.00 bits per heavy atom. The Balaban J connectivity index is 0.00000147. The Morgan fingerprint density at radius 1 is 1.50 bits per heavy atom. The predicted molar refractivity (Wildman–Crippen MR) is 82.9 cm³/mol. The number of pyridine rings is 1. The Morgan fingerprint density at radius 2 is 2.30 bits per heavy atom. The van der Waals surface area contributed by atoms with Crippen molar-refractivity contribution < 1.29 is 0 Å². The van der Waals surface area contributed by atoms with Crippen LogP contribution < -0.4 is 5.73 Å². The number of aryl methyl sites for hydroxylation is 1. The van der Waals surface area contributed by atoms with Crippen LogP contribution in [0.25, 0.3) is 11.0 Å². The largest absolute Gasteiger partial charge is 0.330 e. The van der Waals surface area contributed by atoms with Crippen LogP contribution in [0.1, 0.15) is 24.6 Å². The average Bonchev–Trinajstić information content (AvgIpc) is 2.95. The number of rotatable bonds is 3. The number of nitrogens with two attached hydrogens (primary N) is 1. The van der Waals surface area contributed by atoms with E-state index in [4.69, 9.17) is 5.73 Å². The summed E-state index contributed by atoms with van der Waals surface area (Å²) < 4.78 is 0. The van der Waals surface area contributed by atoms with Gasteiger partial charge < -0.3 is 5.73 Å². The number of nitrogens with zero attached hydrogens (tertiary/aromatic N) is 3. The van der Waals surface area contributed by atoms with Crippen molar-refractivity contribution in [3.8, 4) is 0 Å². The van der Waals surface area contributed by atoms with Crippen LogP contribution in [0.3, 0.4) is 0 Å². The fourth-order valence-corrected chi connectivity index (χ4v) is 2.84. The number of aromatic amines is 1. The van der Waals surface area contributed by atoms with E-state index in [1.54, 1.807) is 0 Å². The molecule has 1 saturated heterocycles. The molecule has 110 valence electrons. The van der Waals surface area contributed by atoms with Crippen molar-refractivity contribution in [2.45, 2.75) is 26.8 Å². The van der Waals surface area contributed by atoms with Crippen molar-refractivity contribution in [1.82, 2.24) is 20.1 Å². The molecule has 0 saturated carbocycles. The summed E-state index contributed by atoms with van der Waals surface area (Å²) in [5.74, 6) is 0. The van der Waals surface area contributed by atoms with Gasteiger partial charge in [0.2, 0.25) is 0 Å². The second-order valence-electron chi connectivity index (χ2n) is 6.04. The third-order valence-electron chi connectivity index (χ3n) is 4.19. The molecule has 1 atom stereocenters. The molecule has 2 aromatic heterocycles. The Bertz CT molecular complexity index is 596. The SMILES string of the molecule is Cc1[nH]nc2ncc(CN3CCC(C)(CN)C3)cc12.Cl. The first kappa shape index (κ1) is 15.2. The van der Waals surface area contributed by atoms with Crippen LogP contribution in [0.2, 0.25) is 0 Å². The molecular formula is C14H22ClN5. The van der Waals surface area contributed by atoms with E-state index in [1.165, 1.54) is 12.0 Å². The van der Waals surface area contributed by atoms with Gasteiger partial charge in [-0.2, -0.15) is 5.10 Å². The van der Waals surface area contributed by atoms with E-state index in [-0.39, 0.29) is 17.8 Å². The number of nitrogens with one attached hydrogen (secondary N) is 1. The van der Waals surface area contributed by atoms with Gasteiger partial charge in [-0.25, -0.2) is 4.98 Å². The standard InChI is InChI=1S/C14H21N5.ClH/c1-10-12-5-11(6-16-13(12)18-17-10)7-19-4-3-14(2,8-15)9-19;/h5-6H,3-4,7-9,15H2,1-2H3,(H,16,17,18);1H. The highest BCUT2D eigenvalue weighted by molar-refractivity contribution is 5.85. The predicted octanol–water partition coefficient (Wildman–Crippen LogP) is 1.86. The Kier molecular flexibility index (Phi) is 4.32. The monoisotopic (exact) mass is 295 g/mol. The molecule has 6 heteroatoms. The summed E-state index contributed by atoms with van der Waals surface area (Å²) >= 11 is 0. The van der Waals surface area contributed by atoms with Crippen molar-refractivity contribution in [1.29, 1.82) is 0 Å².